The van der Waals surface area contributed by atoms with Gasteiger partial charge in [0.25, 0.3) is 0 Å². The molecular formula is C19H27BrClNO7. The van der Waals surface area contributed by atoms with Gasteiger partial charge in [-0.1, -0.05) is 11.6 Å². The number of aryl methyl sites for hydroxylation is 1. The molecule has 1 aliphatic heterocycles. The largest absolute Gasteiger partial charge is 0.488 e. The lowest BCUT2D eigenvalue weighted by molar-refractivity contribution is -0.159. The van der Waals surface area contributed by atoms with Crippen LogP contribution in [0.3, 0.4) is 0 Å². The molecule has 2 atom stereocenters. The highest BCUT2D eigenvalue weighted by atomic mass is 79.9. The summed E-state index contributed by atoms with van der Waals surface area (Å²) in [7, 11) is 0. The molecule has 1 aromatic carbocycles. The molecule has 0 bridgehead atoms. The first-order chi connectivity index (χ1) is 13.6. The smallest absolute Gasteiger partial charge is 0.414 e. The van der Waals surface area contributed by atoms with Crippen molar-refractivity contribution in [2.24, 2.45) is 0 Å². The van der Waals surface area contributed by atoms with E-state index in [-0.39, 0.29) is 0 Å². The van der Waals surface area contributed by atoms with Crippen LogP contribution in [0.1, 0.15) is 19.4 Å². The Morgan fingerprint density at radius 1 is 1.17 bits per heavy atom. The Balaban J connectivity index is 0.000000612. The summed E-state index contributed by atoms with van der Waals surface area (Å²) >= 11 is 9.66. The van der Waals surface area contributed by atoms with E-state index < -0.39 is 11.9 Å². The van der Waals surface area contributed by atoms with Crippen LogP contribution in [0.2, 0.25) is 5.02 Å². The number of aliphatic carboxylic acids is 2. The van der Waals surface area contributed by atoms with Gasteiger partial charge in [-0.3, -0.25) is 4.90 Å². The Kier molecular flexibility index (Phi) is 11.5. The maximum Gasteiger partial charge on any atom is 0.414 e. The van der Waals surface area contributed by atoms with Crippen LogP contribution in [0.25, 0.3) is 0 Å². The monoisotopic (exact) mass is 495 g/mol. The van der Waals surface area contributed by atoms with Crippen molar-refractivity contribution in [2.45, 2.75) is 33.0 Å². The first-order valence-corrected chi connectivity index (χ1v) is 10.3. The number of nitrogens with zero attached hydrogens (tertiary/aromatic N) is 1. The molecule has 0 spiro atoms. The van der Waals surface area contributed by atoms with Crippen LogP contribution < -0.4 is 4.74 Å². The van der Waals surface area contributed by atoms with E-state index in [1.807, 2.05) is 19.1 Å². The zero-order chi connectivity index (χ0) is 22.0. The van der Waals surface area contributed by atoms with E-state index in [0.29, 0.717) is 42.8 Å². The predicted octanol–water partition coefficient (Wildman–Crippen LogP) is 3.07. The van der Waals surface area contributed by atoms with Crippen molar-refractivity contribution in [1.29, 1.82) is 0 Å². The lowest BCUT2D eigenvalue weighted by Gasteiger charge is -2.35. The SMILES string of the molecule is Cc1cc(Cl)c(OCCOCCN2CC(C)OC(C)C2)c(Br)c1.O=C(O)C(=O)O. The van der Waals surface area contributed by atoms with Gasteiger partial charge in [-0.2, -0.15) is 0 Å². The second-order valence-corrected chi connectivity index (χ2v) is 7.91. The highest BCUT2D eigenvalue weighted by Crippen LogP contribution is 2.34. The first-order valence-electron chi connectivity index (χ1n) is 9.10. The number of hydrogen-bond donors (Lipinski definition) is 2. The fourth-order valence-corrected chi connectivity index (χ4v) is 3.92. The van der Waals surface area contributed by atoms with Crippen LogP contribution in [-0.2, 0) is 19.1 Å². The van der Waals surface area contributed by atoms with Gasteiger partial charge in [-0.25, -0.2) is 9.59 Å². The van der Waals surface area contributed by atoms with E-state index in [0.717, 1.165) is 29.7 Å². The number of carboxylic acids is 2. The van der Waals surface area contributed by atoms with Crippen LogP contribution in [0.15, 0.2) is 16.6 Å². The fraction of sp³-hybridized carbons (Fsp3) is 0.579. The molecule has 0 aromatic heterocycles. The van der Waals surface area contributed by atoms with Gasteiger partial charge in [0.15, 0.2) is 5.75 Å². The number of carbonyl (C=O) groups is 2. The predicted molar refractivity (Wildman–Crippen MR) is 112 cm³/mol. The van der Waals surface area contributed by atoms with E-state index >= 15 is 0 Å². The third kappa shape index (κ3) is 10.3. The maximum atomic E-state index is 9.10. The van der Waals surface area contributed by atoms with Crippen LogP contribution in [-0.4, -0.2) is 78.7 Å². The third-order valence-corrected chi connectivity index (χ3v) is 4.72. The number of rotatable bonds is 7. The number of morpholine rings is 1. The van der Waals surface area contributed by atoms with E-state index in [1.165, 1.54) is 0 Å². The molecule has 1 saturated heterocycles. The molecule has 10 heteroatoms. The van der Waals surface area contributed by atoms with Gasteiger partial charge in [-0.15, -0.1) is 0 Å². The van der Waals surface area contributed by atoms with Gasteiger partial charge >= 0.3 is 11.9 Å². The Bertz CT molecular complexity index is 644. The number of carboxylic acid groups (broad SMARTS) is 2. The second kappa shape index (κ2) is 13.0. The molecule has 0 saturated carbocycles. The lowest BCUT2D eigenvalue weighted by Crippen LogP contribution is -2.46. The Labute approximate surface area is 183 Å². The molecule has 1 aliphatic rings. The summed E-state index contributed by atoms with van der Waals surface area (Å²) in [6, 6.07) is 3.88. The van der Waals surface area contributed by atoms with E-state index in [2.05, 4.69) is 34.7 Å². The zero-order valence-electron chi connectivity index (χ0n) is 16.7. The minimum absolute atomic E-state index is 0.295. The van der Waals surface area contributed by atoms with Crippen molar-refractivity contribution < 1.29 is 34.0 Å². The zero-order valence-corrected chi connectivity index (χ0v) is 19.0. The summed E-state index contributed by atoms with van der Waals surface area (Å²) in [6.07, 6.45) is 0.589. The summed E-state index contributed by atoms with van der Waals surface area (Å²) in [5, 5.41) is 15.4. The van der Waals surface area contributed by atoms with Gasteiger partial charge in [0.05, 0.1) is 34.9 Å². The fourth-order valence-electron chi connectivity index (χ4n) is 2.79. The summed E-state index contributed by atoms with van der Waals surface area (Å²) in [5.41, 5.74) is 1.10. The van der Waals surface area contributed by atoms with Gasteiger partial charge in [0, 0.05) is 19.6 Å². The van der Waals surface area contributed by atoms with E-state index in [1.54, 1.807) is 0 Å². The molecule has 0 radical (unpaired) electrons. The maximum absolute atomic E-state index is 9.10. The molecule has 0 amide bonds. The van der Waals surface area contributed by atoms with Gasteiger partial charge < -0.3 is 24.4 Å². The summed E-state index contributed by atoms with van der Waals surface area (Å²) in [6.45, 7) is 10.8. The molecular weight excluding hydrogens is 470 g/mol. The van der Waals surface area contributed by atoms with Crippen molar-refractivity contribution in [3.63, 3.8) is 0 Å². The van der Waals surface area contributed by atoms with Crippen LogP contribution in [0.5, 0.6) is 5.75 Å². The van der Waals surface area contributed by atoms with Crippen molar-refractivity contribution in [3.8, 4) is 5.75 Å². The topological polar surface area (TPSA) is 106 Å². The first kappa shape index (κ1) is 25.6. The van der Waals surface area contributed by atoms with Gasteiger partial charge in [0.1, 0.15) is 6.61 Å². The van der Waals surface area contributed by atoms with Crippen molar-refractivity contribution in [2.75, 3.05) is 39.5 Å². The number of halogens is 2. The molecule has 2 unspecified atom stereocenters. The molecule has 8 nitrogen and oxygen atoms in total. The minimum atomic E-state index is -1.82. The van der Waals surface area contributed by atoms with E-state index in [4.69, 9.17) is 45.6 Å². The van der Waals surface area contributed by atoms with Crippen molar-refractivity contribution in [1.82, 2.24) is 4.90 Å². The highest BCUT2D eigenvalue weighted by molar-refractivity contribution is 9.10. The average molecular weight is 497 g/mol. The molecule has 1 heterocycles. The van der Waals surface area contributed by atoms with Crippen LogP contribution in [0.4, 0.5) is 0 Å². The standard InChI is InChI=1S/C17H25BrClNO3.C2H2O4/c1-12-8-15(18)17(16(19)9-12)22-7-6-21-5-4-20-10-13(2)23-14(3)11-20;3-1(4)2(5)6/h8-9,13-14H,4-7,10-11H2,1-3H3;(H,3,4)(H,5,6). The average Bonchev–Trinajstić information content (AvgIpc) is 2.59. The van der Waals surface area contributed by atoms with Crippen LogP contribution >= 0.6 is 27.5 Å². The molecule has 1 aromatic rings. The molecule has 0 aliphatic carbocycles. The molecule has 29 heavy (non-hydrogen) atoms. The third-order valence-electron chi connectivity index (χ3n) is 3.85. The molecule has 2 rings (SSSR count). The second-order valence-electron chi connectivity index (χ2n) is 6.65. The molecule has 2 N–H and O–H groups in total. The molecule has 1 fully saturated rings. The molecule has 164 valence electrons. The summed E-state index contributed by atoms with van der Waals surface area (Å²) < 4.78 is 18.0. The quantitative estimate of drug-likeness (QED) is 0.438. The highest BCUT2D eigenvalue weighted by Gasteiger charge is 2.21. The van der Waals surface area contributed by atoms with Gasteiger partial charge in [0.2, 0.25) is 0 Å². The van der Waals surface area contributed by atoms with Crippen molar-refractivity contribution in [3.05, 3.63) is 27.2 Å². The Hall–Kier alpha value is -1.39. The minimum Gasteiger partial charge on any atom is -0.488 e. The summed E-state index contributed by atoms with van der Waals surface area (Å²) in [4.78, 5) is 20.6. The lowest BCUT2D eigenvalue weighted by atomic mass is 10.2. The van der Waals surface area contributed by atoms with Crippen molar-refractivity contribution >= 4 is 39.5 Å². The number of hydrogen-bond acceptors (Lipinski definition) is 6. The van der Waals surface area contributed by atoms with Crippen LogP contribution in [0, 0.1) is 6.92 Å². The Morgan fingerprint density at radius 3 is 2.28 bits per heavy atom. The number of ether oxygens (including phenoxy) is 3. The summed E-state index contributed by atoms with van der Waals surface area (Å²) in [5.74, 6) is -2.97. The number of benzene rings is 1. The van der Waals surface area contributed by atoms with Gasteiger partial charge in [-0.05, 0) is 54.4 Å². The Morgan fingerprint density at radius 2 is 1.76 bits per heavy atom. The normalized spacial score (nSPS) is 19.2. The van der Waals surface area contributed by atoms with E-state index in [9.17, 15) is 0 Å².